The molecule has 7 heteroatoms. The van der Waals surface area contributed by atoms with E-state index in [0.717, 1.165) is 31.6 Å². The van der Waals surface area contributed by atoms with Crippen LogP contribution in [0.3, 0.4) is 0 Å². The fraction of sp³-hybridized carbons (Fsp3) is 0.350. The molecule has 2 aromatic carbocycles. The Bertz CT molecular complexity index is 780. The average Bonchev–Trinajstić information content (AvgIpc) is 3.10. The molecule has 0 radical (unpaired) electrons. The van der Waals surface area contributed by atoms with Gasteiger partial charge in [-0.2, -0.15) is 0 Å². The van der Waals surface area contributed by atoms with Gasteiger partial charge >= 0.3 is 0 Å². The number of hydrogen-bond donors (Lipinski definition) is 2. The molecule has 1 atom stereocenters. The van der Waals surface area contributed by atoms with Crippen LogP contribution in [0.25, 0.3) is 0 Å². The summed E-state index contributed by atoms with van der Waals surface area (Å²) in [7, 11) is 1.67. The van der Waals surface area contributed by atoms with E-state index in [1.807, 2.05) is 0 Å². The summed E-state index contributed by atoms with van der Waals surface area (Å²) in [5, 5.41) is 6.42. The molecule has 27 heavy (non-hydrogen) atoms. The number of nitrogens with one attached hydrogen (secondary N) is 2. The summed E-state index contributed by atoms with van der Waals surface area (Å²) in [4.78, 5) is 6.52. The fourth-order valence-corrected chi connectivity index (χ4v) is 3.11. The van der Waals surface area contributed by atoms with E-state index >= 15 is 0 Å². The molecule has 1 aliphatic rings. The molecule has 0 amide bonds. The van der Waals surface area contributed by atoms with Gasteiger partial charge in [0.2, 0.25) is 0 Å². The van der Waals surface area contributed by atoms with Gasteiger partial charge in [-0.15, -0.1) is 24.0 Å². The summed E-state index contributed by atoms with van der Waals surface area (Å²) in [6.45, 7) is 4.10. The van der Waals surface area contributed by atoms with E-state index in [0.29, 0.717) is 5.96 Å². The van der Waals surface area contributed by atoms with Crippen LogP contribution < -0.4 is 15.5 Å². The normalized spacial score (nSPS) is 16.8. The molecule has 1 unspecified atom stereocenters. The van der Waals surface area contributed by atoms with Crippen LogP contribution >= 0.6 is 24.0 Å². The molecule has 1 fully saturated rings. The van der Waals surface area contributed by atoms with E-state index < -0.39 is 11.6 Å². The van der Waals surface area contributed by atoms with Crippen LogP contribution in [0.15, 0.2) is 47.5 Å². The molecule has 0 spiro atoms. The zero-order chi connectivity index (χ0) is 18.5. The smallest absolute Gasteiger partial charge is 0.191 e. The zero-order valence-electron chi connectivity index (χ0n) is 15.5. The minimum absolute atomic E-state index is 0. The molecule has 0 aliphatic carbocycles. The van der Waals surface area contributed by atoms with Crippen LogP contribution in [0.4, 0.5) is 14.5 Å². The summed E-state index contributed by atoms with van der Waals surface area (Å²) >= 11 is 0. The van der Waals surface area contributed by atoms with Crippen molar-refractivity contribution in [2.45, 2.75) is 25.9 Å². The van der Waals surface area contributed by atoms with Crippen molar-refractivity contribution in [2.24, 2.45) is 4.99 Å². The zero-order valence-corrected chi connectivity index (χ0v) is 17.8. The number of anilines is 1. The first-order valence-electron chi connectivity index (χ1n) is 8.78. The van der Waals surface area contributed by atoms with E-state index in [1.54, 1.807) is 7.05 Å². The van der Waals surface area contributed by atoms with Gasteiger partial charge in [-0.05, 0) is 43.7 Å². The topological polar surface area (TPSA) is 39.7 Å². The summed E-state index contributed by atoms with van der Waals surface area (Å²) in [5.41, 5.74) is 2.74. The van der Waals surface area contributed by atoms with Gasteiger partial charge in [0.1, 0.15) is 11.6 Å². The Hall–Kier alpha value is -1.90. The Kier molecular flexibility index (Phi) is 7.82. The molecule has 1 heterocycles. The molecule has 2 N–H and O–H groups in total. The molecule has 3 rings (SSSR count). The molecule has 146 valence electrons. The number of rotatable bonds is 4. The third-order valence-electron chi connectivity index (χ3n) is 4.61. The number of halogens is 3. The molecule has 0 bridgehead atoms. The van der Waals surface area contributed by atoms with Crippen molar-refractivity contribution in [3.63, 3.8) is 0 Å². The maximum absolute atomic E-state index is 13.7. The van der Waals surface area contributed by atoms with Gasteiger partial charge in [0.05, 0.1) is 0 Å². The van der Waals surface area contributed by atoms with E-state index in [9.17, 15) is 8.78 Å². The second-order valence-corrected chi connectivity index (χ2v) is 6.57. The summed E-state index contributed by atoms with van der Waals surface area (Å²) < 4.78 is 27.0. The number of aliphatic imine (C=N–C) groups is 1. The minimum Gasteiger partial charge on any atom is -0.369 e. The highest BCUT2D eigenvalue weighted by molar-refractivity contribution is 14.0. The highest BCUT2D eigenvalue weighted by Gasteiger charge is 2.23. The number of nitrogens with zero attached hydrogens (tertiary/aromatic N) is 2. The molecule has 0 saturated carbocycles. The number of guanidine groups is 1. The SMILES string of the molecule is CN=C(NCc1cc(F)ccc1F)NC1CCN(c2ccc(C)cc2)C1.I. The lowest BCUT2D eigenvalue weighted by molar-refractivity contribution is 0.579. The van der Waals surface area contributed by atoms with Crippen LogP contribution in [0.5, 0.6) is 0 Å². The Morgan fingerprint density at radius 1 is 1.19 bits per heavy atom. The van der Waals surface area contributed by atoms with Crippen LogP contribution in [-0.4, -0.2) is 32.1 Å². The largest absolute Gasteiger partial charge is 0.369 e. The molecule has 4 nitrogen and oxygen atoms in total. The first kappa shape index (κ1) is 21.4. The highest BCUT2D eigenvalue weighted by atomic mass is 127. The first-order valence-corrected chi connectivity index (χ1v) is 8.78. The molecule has 0 aromatic heterocycles. The quantitative estimate of drug-likeness (QED) is 0.392. The van der Waals surface area contributed by atoms with Gasteiger partial charge in [0.25, 0.3) is 0 Å². The molecule has 2 aromatic rings. The van der Waals surface area contributed by atoms with Gasteiger partial charge in [-0.1, -0.05) is 17.7 Å². The molecular formula is C20H25F2IN4. The van der Waals surface area contributed by atoms with Crippen molar-refractivity contribution in [2.75, 3.05) is 25.0 Å². The second kappa shape index (κ2) is 9.87. The minimum atomic E-state index is -0.448. The maximum atomic E-state index is 13.7. The molecular weight excluding hydrogens is 461 g/mol. The van der Waals surface area contributed by atoms with E-state index in [1.165, 1.54) is 17.3 Å². The maximum Gasteiger partial charge on any atom is 0.191 e. The van der Waals surface area contributed by atoms with E-state index in [4.69, 9.17) is 0 Å². The molecule has 1 saturated heterocycles. The lowest BCUT2D eigenvalue weighted by Crippen LogP contribution is -2.44. The van der Waals surface area contributed by atoms with E-state index in [2.05, 4.69) is 51.7 Å². The van der Waals surface area contributed by atoms with Gasteiger partial charge in [0.15, 0.2) is 5.96 Å². The highest BCUT2D eigenvalue weighted by Crippen LogP contribution is 2.20. The summed E-state index contributed by atoms with van der Waals surface area (Å²) in [6, 6.07) is 12.2. The predicted molar refractivity (Wildman–Crippen MR) is 117 cm³/mol. The summed E-state index contributed by atoms with van der Waals surface area (Å²) in [6.07, 6.45) is 0.989. The van der Waals surface area contributed by atoms with Crippen molar-refractivity contribution >= 4 is 35.6 Å². The van der Waals surface area contributed by atoms with Gasteiger partial charge < -0.3 is 15.5 Å². The van der Waals surface area contributed by atoms with Crippen molar-refractivity contribution in [1.29, 1.82) is 0 Å². The average molecular weight is 486 g/mol. The van der Waals surface area contributed by atoms with Gasteiger partial charge in [0, 0.05) is 44.0 Å². The van der Waals surface area contributed by atoms with Crippen molar-refractivity contribution < 1.29 is 8.78 Å². The first-order chi connectivity index (χ1) is 12.5. The third-order valence-corrected chi connectivity index (χ3v) is 4.61. The van der Waals surface area contributed by atoms with Crippen molar-refractivity contribution in [3.05, 3.63) is 65.2 Å². The van der Waals surface area contributed by atoms with Crippen LogP contribution in [0.2, 0.25) is 0 Å². The molecule has 1 aliphatic heterocycles. The third kappa shape index (κ3) is 5.79. The number of hydrogen-bond acceptors (Lipinski definition) is 2. The monoisotopic (exact) mass is 486 g/mol. The number of aryl methyl sites for hydroxylation is 1. The second-order valence-electron chi connectivity index (χ2n) is 6.57. The fourth-order valence-electron chi connectivity index (χ4n) is 3.11. The van der Waals surface area contributed by atoms with E-state index in [-0.39, 0.29) is 42.1 Å². The summed E-state index contributed by atoms with van der Waals surface area (Å²) in [5.74, 6) is -0.291. The predicted octanol–water partition coefficient (Wildman–Crippen LogP) is 3.84. The van der Waals surface area contributed by atoms with Crippen LogP contribution in [0.1, 0.15) is 17.5 Å². The van der Waals surface area contributed by atoms with Crippen molar-refractivity contribution in [3.8, 4) is 0 Å². The Balaban J connectivity index is 0.00000261. The lowest BCUT2D eigenvalue weighted by Gasteiger charge is -2.20. The Morgan fingerprint density at radius 3 is 2.63 bits per heavy atom. The Morgan fingerprint density at radius 2 is 1.93 bits per heavy atom. The van der Waals surface area contributed by atoms with Gasteiger partial charge in [-0.25, -0.2) is 8.78 Å². The Labute approximate surface area is 176 Å². The number of benzene rings is 2. The van der Waals surface area contributed by atoms with Gasteiger partial charge in [-0.3, -0.25) is 4.99 Å². The lowest BCUT2D eigenvalue weighted by atomic mass is 10.2. The van der Waals surface area contributed by atoms with Crippen LogP contribution in [-0.2, 0) is 6.54 Å². The van der Waals surface area contributed by atoms with Crippen molar-refractivity contribution in [1.82, 2.24) is 10.6 Å². The standard InChI is InChI=1S/C20H24F2N4.HI/c1-14-3-6-18(7-4-14)26-10-9-17(13-26)25-20(23-2)24-12-15-11-16(21)5-8-19(15)22;/h3-8,11,17H,9-10,12-13H2,1-2H3,(H2,23,24,25);1H. The van der Waals surface area contributed by atoms with Crippen LogP contribution in [0, 0.1) is 18.6 Å².